The van der Waals surface area contributed by atoms with Gasteiger partial charge >= 0.3 is 0 Å². The quantitative estimate of drug-likeness (QED) is 0.708. The molecule has 3 nitrogen and oxygen atoms in total. The highest BCUT2D eigenvalue weighted by molar-refractivity contribution is 9.10. The third-order valence-electron chi connectivity index (χ3n) is 3.03. The summed E-state index contributed by atoms with van der Waals surface area (Å²) in [7, 11) is 0. The van der Waals surface area contributed by atoms with Crippen LogP contribution in [0.5, 0.6) is 0 Å². The molecule has 106 valence electrons. The summed E-state index contributed by atoms with van der Waals surface area (Å²) in [4.78, 5) is 8.88. The van der Waals surface area contributed by atoms with Gasteiger partial charge in [-0.2, -0.15) is 0 Å². The predicted molar refractivity (Wildman–Crippen MR) is 91.2 cm³/mol. The first-order chi connectivity index (χ1) is 10.3. The molecule has 0 spiro atoms. The fourth-order valence-electron chi connectivity index (χ4n) is 1.96. The number of thiazole rings is 1. The summed E-state index contributed by atoms with van der Waals surface area (Å²) in [6.45, 7) is 0. The van der Waals surface area contributed by atoms with E-state index in [1.165, 1.54) is 5.56 Å². The molecule has 0 aliphatic rings. The maximum atomic E-state index is 4.60. The van der Waals surface area contributed by atoms with E-state index in [-0.39, 0.29) is 0 Å². The Labute approximate surface area is 136 Å². The van der Waals surface area contributed by atoms with Crippen LogP contribution in [-0.4, -0.2) is 9.97 Å². The van der Waals surface area contributed by atoms with Crippen molar-refractivity contribution in [2.24, 2.45) is 0 Å². The van der Waals surface area contributed by atoms with Crippen LogP contribution in [0, 0.1) is 0 Å². The van der Waals surface area contributed by atoms with Crippen molar-refractivity contribution in [3.63, 3.8) is 0 Å². The van der Waals surface area contributed by atoms with E-state index >= 15 is 0 Å². The molecule has 0 radical (unpaired) electrons. The topological polar surface area (TPSA) is 37.8 Å². The summed E-state index contributed by atoms with van der Waals surface area (Å²) in [6.07, 6.45) is 3.74. The van der Waals surface area contributed by atoms with Crippen LogP contribution in [0.4, 0.5) is 10.9 Å². The molecule has 2 aromatic heterocycles. The summed E-state index contributed by atoms with van der Waals surface area (Å²) < 4.78 is 0.968. The zero-order chi connectivity index (χ0) is 14.5. The lowest BCUT2D eigenvalue weighted by Crippen LogP contribution is -1.94. The van der Waals surface area contributed by atoms with Crippen molar-refractivity contribution in [2.45, 2.75) is 12.8 Å². The number of aryl methyl sites for hydroxylation is 2. The highest BCUT2D eigenvalue weighted by Crippen LogP contribution is 2.21. The lowest BCUT2D eigenvalue weighted by Gasteiger charge is -2.01. The SMILES string of the molecule is Brc1ccc(Nc2nc(CCc3ccccc3)cs2)nc1. The fraction of sp³-hybridized carbons (Fsp3) is 0.125. The van der Waals surface area contributed by atoms with Crippen molar-refractivity contribution < 1.29 is 0 Å². The van der Waals surface area contributed by atoms with Crippen LogP contribution < -0.4 is 5.32 Å². The molecule has 5 heteroatoms. The van der Waals surface area contributed by atoms with Gasteiger partial charge in [-0.1, -0.05) is 30.3 Å². The summed E-state index contributed by atoms with van der Waals surface area (Å²) in [5.41, 5.74) is 2.46. The van der Waals surface area contributed by atoms with Crippen molar-refractivity contribution in [3.05, 3.63) is 69.8 Å². The molecule has 0 aliphatic carbocycles. The van der Waals surface area contributed by atoms with E-state index in [1.54, 1.807) is 17.5 Å². The molecule has 0 fully saturated rings. The second kappa shape index (κ2) is 6.83. The van der Waals surface area contributed by atoms with E-state index in [9.17, 15) is 0 Å². The molecule has 0 amide bonds. The molecule has 0 saturated carbocycles. The summed E-state index contributed by atoms with van der Waals surface area (Å²) >= 11 is 4.98. The third kappa shape index (κ3) is 4.12. The lowest BCUT2D eigenvalue weighted by molar-refractivity contribution is 0.927. The van der Waals surface area contributed by atoms with E-state index in [1.807, 2.05) is 18.2 Å². The van der Waals surface area contributed by atoms with Crippen LogP contribution in [-0.2, 0) is 12.8 Å². The number of aromatic nitrogens is 2. The van der Waals surface area contributed by atoms with Gasteiger partial charge in [0.15, 0.2) is 5.13 Å². The van der Waals surface area contributed by atoms with Crippen LogP contribution >= 0.6 is 27.3 Å². The Bertz CT molecular complexity index is 695. The van der Waals surface area contributed by atoms with E-state index < -0.39 is 0 Å². The number of hydrogen-bond donors (Lipinski definition) is 1. The van der Waals surface area contributed by atoms with Crippen LogP contribution in [0.15, 0.2) is 58.5 Å². The molecule has 2 heterocycles. The van der Waals surface area contributed by atoms with Gasteiger partial charge in [0.05, 0.1) is 5.69 Å². The van der Waals surface area contributed by atoms with E-state index in [2.05, 4.69) is 60.9 Å². The Morgan fingerprint density at radius 1 is 1.05 bits per heavy atom. The minimum atomic E-state index is 0.808. The second-order valence-electron chi connectivity index (χ2n) is 4.62. The van der Waals surface area contributed by atoms with Gasteiger partial charge in [-0.05, 0) is 46.5 Å². The standard InChI is InChI=1S/C16H14BrN3S/c17-13-7-9-15(18-10-13)20-16-19-14(11-21-16)8-6-12-4-2-1-3-5-12/h1-5,7,9-11H,6,8H2,(H,18,19,20). The van der Waals surface area contributed by atoms with Crippen molar-refractivity contribution in [1.29, 1.82) is 0 Å². The van der Waals surface area contributed by atoms with E-state index in [0.29, 0.717) is 0 Å². The van der Waals surface area contributed by atoms with Gasteiger partial charge in [0.25, 0.3) is 0 Å². The molecule has 0 bridgehead atoms. The van der Waals surface area contributed by atoms with Crippen molar-refractivity contribution in [2.75, 3.05) is 5.32 Å². The number of rotatable bonds is 5. The number of pyridine rings is 1. The van der Waals surface area contributed by atoms with Crippen LogP contribution in [0.1, 0.15) is 11.3 Å². The number of halogens is 1. The van der Waals surface area contributed by atoms with Gasteiger partial charge in [0.1, 0.15) is 5.82 Å². The average molecular weight is 360 g/mol. The summed E-state index contributed by atoms with van der Waals surface area (Å²) in [5, 5.41) is 6.21. The van der Waals surface area contributed by atoms with Gasteiger partial charge in [-0.15, -0.1) is 11.3 Å². The molecular weight excluding hydrogens is 346 g/mol. The number of nitrogens with zero attached hydrogens (tertiary/aromatic N) is 2. The first-order valence-corrected chi connectivity index (χ1v) is 8.34. The molecule has 3 aromatic rings. The minimum absolute atomic E-state index is 0.808. The number of anilines is 2. The second-order valence-corrected chi connectivity index (χ2v) is 6.39. The van der Waals surface area contributed by atoms with Crippen molar-refractivity contribution >= 4 is 38.2 Å². The average Bonchev–Trinajstić information content (AvgIpc) is 2.96. The van der Waals surface area contributed by atoms with Gasteiger partial charge in [-0.3, -0.25) is 0 Å². The van der Waals surface area contributed by atoms with E-state index in [0.717, 1.165) is 34.0 Å². The lowest BCUT2D eigenvalue weighted by atomic mass is 10.1. The zero-order valence-corrected chi connectivity index (χ0v) is 13.7. The van der Waals surface area contributed by atoms with Crippen LogP contribution in [0.2, 0.25) is 0 Å². The molecule has 3 rings (SSSR count). The molecule has 0 saturated heterocycles. The third-order valence-corrected chi connectivity index (χ3v) is 4.30. The minimum Gasteiger partial charge on any atom is -0.316 e. The van der Waals surface area contributed by atoms with Crippen LogP contribution in [0.3, 0.4) is 0 Å². The number of hydrogen-bond acceptors (Lipinski definition) is 4. The summed E-state index contributed by atoms with van der Waals surface area (Å²) in [6, 6.07) is 14.4. The molecular formula is C16H14BrN3S. The first-order valence-electron chi connectivity index (χ1n) is 6.66. The van der Waals surface area contributed by atoms with Gasteiger partial charge in [0.2, 0.25) is 0 Å². The maximum absolute atomic E-state index is 4.60. The molecule has 0 aliphatic heterocycles. The molecule has 1 aromatic carbocycles. The summed E-state index contributed by atoms with van der Waals surface area (Å²) in [5.74, 6) is 0.808. The maximum Gasteiger partial charge on any atom is 0.188 e. The largest absolute Gasteiger partial charge is 0.316 e. The Hall–Kier alpha value is -1.72. The van der Waals surface area contributed by atoms with E-state index in [4.69, 9.17) is 0 Å². The smallest absolute Gasteiger partial charge is 0.188 e. The zero-order valence-electron chi connectivity index (χ0n) is 11.3. The predicted octanol–water partition coefficient (Wildman–Crippen LogP) is 4.83. The Kier molecular flexibility index (Phi) is 4.62. The normalized spacial score (nSPS) is 10.5. The molecule has 0 atom stereocenters. The van der Waals surface area contributed by atoms with Gasteiger partial charge in [-0.25, -0.2) is 9.97 Å². The van der Waals surface area contributed by atoms with Gasteiger partial charge < -0.3 is 5.32 Å². The van der Waals surface area contributed by atoms with Crippen molar-refractivity contribution in [3.8, 4) is 0 Å². The Morgan fingerprint density at radius 2 is 1.90 bits per heavy atom. The fourth-order valence-corrected chi connectivity index (χ4v) is 2.94. The van der Waals surface area contributed by atoms with Gasteiger partial charge in [0, 0.05) is 16.0 Å². The Balaban J connectivity index is 1.59. The van der Waals surface area contributed by atoms with Crippen molar-refractivity contribution in [1.82, 2.24) is 9.97 Å². The molecule has 1 N–H and O–H groups in total. The number of benzene rings is 1. The highest BCUT2D eigenvalue weighted by Gasteiger charge is 2.03. The number of nitrogens with one attached hydrogen (secondary N) is 1. The molecule has 21 heavy (non-hydrogen) atoms. The highest BCUT2D eigenvalue weighted by atomic mass is 79.9. The Morgan fingerprint density at radius 3 is 2.67 bits per heavy atom. The first kappa shape index (κ1) is 14.2. The van der Waals surface area contributed by atoms with Crippen LogP contribution in [0.25, 0.3) is 0 Å². The molecule has 0 unspecified atom stereocenters. The monoisotopic (exact) mass is 359 g/mol.